The number of nitrogens with zero attached hydrogens (tertiary/aromatic N) is 2. The van der Waals surface area contributed by atoms with Gasteiger partial charge in [0.1, 0.15) is 34.5 Å². The lowest BCUT2D eigenvalue weighted by atomic mass is 10.00. The van der Waals surface area contributed by atoms with Crippen molar-refractivity contribution < 1.29 is 28.2 Å². The lowest BCUT2D eigenvalue weighted by Gasteiger charge is -2.23. The topological polar surface area (TPSA) is 147 Å². The van der Waals surface area contributed by atoms with Gasteiger partial charge in [-0.3, -0.25) is 9.78 Å². The number of rotatable bonds is 10. The van der Waals surface area contributed by atoms with E-state index in [4.69, 9.17) is 9.47 Å². The number of ether oxygens (including phenoxy) is 2. The molecule has 0 saturated carbocycles. The molecule has 0 radical (unpaired) electrons. The number of hydrogen-bond donors (Lipinski definition) is 4. The molecule has 4 rings (SSSR count). The van der Waals surface area contributed by atoms with Gasteiger partial charge in [0, 0.05) is 29.9 Å². The number of carbonyl (C=O) groups excluding carboxylic acids is 3. The van der Waals surface area contributed by atoms with Crippen LogP contribution in [0.4, 0.5) is 19.8 Å². The van der Waals surface area contributed by atoms with Gasteiger partial charge in [0.25, 0.3) is 0 Å². The number of carbonyl (C=O) groups is 3. The lowest BCUT2D eigenvalue weighted by Crippen LogP contribution is -2.46. The van der Waals surface area contributed by atoms with Crippen molar-refractivity contribution in [2.75, 3.05) is 11.9 Å². The monoisotopic (exact) mass is 632 g/mol. The molecule has 4 N–H and O–H groups in total. The van der Waals surface area contributed by atoms with Crippen LogP contribution in [0.25, 0.3) is 33.4 Å². The molecule has 0 saturated heterocycles. The first kappa shape index (κ1) is 33.9. The molecule has 0 spiro atoms. The fraction of sp³-hybridized carbons (Fsp3) is 0.382. The standard InChI is InChI=1S/C34H41FN6O5/c1-33(2,3)45-31(43)37-18-8-7-9-25(38-32(44)46-34(4,5)6)30(42)40-26-15-14-24-27(21-16-19-36-20-17-21)28(41-29(24)39-26)22-10-12-23(35)13-11-22/h10-17,19-20,25H,7-9,18H2,1-6H3,(H,37,43)(H,38,44)(H2,39,40,41,42)/t25-/m0/s1. The van der Waals surface area contributed by atoms with Gasteiger partial charge in [-0.25, -0.2) is 19.0 Å². The molecule has 244 valence electrons. The normalized spacial score (nSPS) is 12.3. The average Bonchev–Trinajstić information content (AvgIpc) is 3.34. The van der Waals surface area contributed by atoms with E-state index in [0.29, 0.717) is 25.0 Å². The number of H-pyrrole nitrogens is 1. The molecule has 1 aromatic carbocycles. The van der Waals surface area contributed by atoms with Crippen LogP contribution in [0.15, 0.2) is 60.9 Å². The maximum absolute atomic E-state index is 13.7. The van der Waals surface area contributed by atoms with Crippen LogP contribution in [0.2, 0.25) is 0 Å². The van der Waals surface area contributed by atoms with Crippen molar-refractivity contribution in [3.63, 3.8) is 0 Å². The van der Waals surface area contributed by atoms with Gasteiger partial charge in [-0.05, 0) is 120 Å². The molecule has 0 aliphatic rings. The maximum atomic E-state index is 13.7. The van der Waals surface area contributed by atoms with Crippen LogP contribution in [0.3, 0.4) is 0 Å². The Morgan fingerprint density at radius 3 is 2.15 bits per heavy atom. The molecule has 12 heteroatoms. The summed E-state index contributed by atoms with van der Waals surface area (Å²) in [5.74, 6) is -0.548. The van der Waals surface area contributed by atoms with E-state index >= 15 is 0 Å². The summed E-state index contributed by atoms with van der Waals surface area (Å²) in [5, 5.41) is 8.97. The molecular formula is C34H41FN6O5. The highest BCUT2D eigenvalue weighted by molar-refractivity contribution is 6.03. The maximum Gasteiger partial charge on any atom is 0.408 e. The van der Waals surface area contributed by atoms with Crippen molar-refractivity contribution in [2.45, 2.75) is 78.0 Å². The average molecular weight is 633 g/mol. The molecule has 3 heterocycles. The lowest BCUT2D eigenvalue weighted by molar-refractivity contribution is -0.118. The number of nitrogens with one attached hydrogen (secondary N) is 4. The van der Waals surface area contributed by atoms with Crippen LogP contribution in [-0.4, -0.2) is 56.8 Å². The summed E-state index contributed by atoms with van der Waals surface area (Å²) in [4.78, 5) is 50.1. The Morgan fingerprint density at radius 2 is 1.50 bits per heavy atom. The first-order valence-corrected chi connectivity index (χ1v) is 15.1. The van der Waals surface area contributed by atoms with E-state index in [9.17, 15) is 18.8 Å². The van der Waals surface area contributed by atoms with E-state index in [1.165, 1.54) is 12.1 Å². The zero-order valence-electron chi connectivity index (χ0n) is 27.0. The van der Waals surface area contributed by atoms with Crippen molar-refractivity contribution >= 4 is 34.9 Å². The zero-order valence-corrected chi connectivity index (χ0v) is 27.0. The molecule has 0 bridgehead atoms. The number of halogens is 1. The minimum atomic E-state index is -0.931. The molecular weight excluding hydrogens is 591 g/mol. The molecule has 0 aliphatic heterocycles. The van der Waals surface area contributed by atoms with Crippen molar-refractivity contribution in [1.29, 1.82) is 0 Å². The second-order valence-electron chi connectivity index (χ2n) is 12.8. The number of alkyl carbamates (subject to hydrolysis) is 2. The Hall–Kier alpha value is -5.00. The summed E-state index contributed by atoms with van der Waals surface area (Å²) >= 11 is 0. The van der Waals surface area contributed by atoms with Crippen LogP contribution in [0, 0.1) is 5.82 Å². The number of hydrogen-bond acceptors (Lipinski definition) is 7. The summed E-state index contributed by atoms with van der Waals surface area (Å²) < 4.78 is 24.3. The fourth-order valence-electron chi connectivity index (χ4n) is 4.70. The second kappa shape index (κ2) is 14.4. The molecule has 0 unspecified atom stereocenters. The molecule has 0 aliphatic carbocycles. The third-order valence-electron chi connectivity index (χ3n) is 6.61. The number of aromatic nitrogens is 3. The number of amides is 3. The van der Waals surface area contributed by atoms with Crippen LogP contribution >= 0.6 is 0 Å². The van der Waals surface area contributed by atoms with Crippen molar-refractivity contribution in [3.05, 3.63) is 66.7 Å². The first-order valence-electron chi connectivity index (χ1n) is 15.1. The number of anilines is 1. The Balaban J connectivity index is 1.52. The fourth-order valence-corrected chi connectivity index (χ4v) is 4.70. The number of unbranched alkanes of at least 4 members (excludes halogenated alkanes) is 1. The summed E-state index contributed by atoms with van der Waals surface area (Å²) in [5.41, 5.74) is 2.40. The molecule has 3 amide bonds. The summed E-state index contributed by atoms with van der Waals surface area (Å²) in [6.45, 7) is 10.9. The van der Waals surface area contributed by atoms with Gasteiger partial charge >= 0.3 is 12.2 Å². The number of pyridine rings is 2. The molecule has 0 fully saturated rings. The van der Waals surface area contributed by atoms with Gasteiger partial charge in [-0.2, -0.15) is 0 Å². The minimum Gasteiger partial charge on any atom is -0.444 e. The highest BCUT2D eigenvalue weighted by atomic mass is 19.1. The highest BCUT2D eigenvalue weighted by Gasteiger charge is 2.25. The highest BCUT2D eigenvalue weighted by Crippen LogP contribution is 2.38. The number of fused-ring (bicyclic) bond motifs is 1. The Labute approximate surface area is 267 Å². The summed E-state index contributed by atoms with van der Waals surface area (Å²) in [7, 11) is 0. The summed E-state index contributed by atoms with van der Waals surface area (Å²) in [6, 6.07) is 12.5. The van der Waals surface area contributed by atoms with Crippen LogP contribution in [0.1, 0.15) is 60.8 Å². The van der Waals surface area contributed by atoms with Gasteiger partial charge < -0.3 is 30.4 Å². The van der Waals surface area contributed by atoms with E-state index in [1.807, 2.05) is 18.2 Å². The van der Waals surface area contributed by atoms with Gasteiger partial charge in [0.2, 0.25) is 5.91 Å². The van der Waals surface area contributed by atoms with Crippen molar-refractivity contribution in [2.24, 2.45) is 0 Å². The van der Waals surface area contributed by atoms with Gasteiger partial charge in [0.15, 0.2) is 0 Å². The van der Waals surface area contributed by atoms with E-state index in [0.717, 1.165) is 27.8 Å². The third kappa shape index (κ3) is 9.75. The second-order valence-corrected chi connectivity index (χ2v) is 12.8. The van der Waals surface area contributed by atoms with E-state index in [1.54, 1.807) is 72.1 Å². The van der Waals surface area contributed by atoms with Crippen LogP contribution in [0.5, 0.6) is 0 Å². The largest absolute Gasteiger partial charge is 0.444 e. The van der Waals surface area contributed by atoms with Gasteiger partial charge in [-0.15, -0.1) is 0 Å². The first-order chi connectivity index (χ1) is 21.7. The molecule has 1 atom stereocenters. The Bertz CT molecular complexity index is 1660. The number of benzene rings is 1. The number of aromatic amines is 1. The van der Waals surface area contributed by atoms with Crippen molar-refractivity contribution in [1.82, 2.24) is 25.6 Å². The predicted molar refractivity (Wildman–Crippen MR) is 175 cm³/mol. The van der Waals surface area contributed by atoms with Gasteiger partial charge in [0.05, 0.1) is 5.69 Å². The van der Waals surface area contributed by atoms with Gasteiger partial charge in [-0.1, -0.05) is 0 Å². The predicted octanol–water partition coefficient (Wildman–Crippen LogP) is 6.96. The molecule has 11 nitrogen and oxygen atoms in total. The quantitative estimate of drug-likeness (QED) is 0.138. The smallest absolute Gasteiger partial charge is 0.408 e. The SMILES string of the molecule is CC(C)(C)OC(=O)NCCCC[C@H](NC(=O)OC(C)(C)C)C(=O)Nc1ccc2c(-c3ccncc3)c(-c3ccc(F)cc3)[nH]c2n1. The minimum absolute atomic E-state index is 0.272. The third-order valence-corrected chi connectivity index (χ3v) is 6.61. The van der Waals surface area contributed by atoms with E-state index in [2.05, 4.69) is 30.9 Å². The molecule has 46 heavy (non-hydrogen) atoms. The van der Waals surface area contributed by atoms with Crippen LogP contribution < -0.4 is 16.0 Å². The van der Waals surface area contributed by atoms with Crippen molar-refractivity contribution in [3.8, 4) is 22.4 Å². The Morgan fingerprint density at radius 1 is 0.848 bits per heavy atom. The van der Waals surface area contributed by atoms with E-state index < -0.39 is 35.3 Å². The molecule has 4 aromatic rings. The molecule has 3 aromatic heterocycles. The summed E-state index contributed by atoms with van der Waals surface area (Å²) in [6.07, 6.45) is 3.49. The zero-order chi connectivity index (χ0) is 33.5. The Kier molecular flexibility index (Phi) is 10.6. The van der Waals surface area contributed by atoms with Crippen LogP contribution in [-0.2, 0) is 14.3 Å². The van der Waals surface area contributed by atoms with E-state index in [-0.39, 0.29) is 18.1 Å².